The predicted molar refractivity (Wildman–Crippen MR) is 81.2 cm³/mol. The summed E-state index contributed by atoms with van der Waals surface area (Å²) in [6.07, 6.45) is 4.22. The summed E-state index contributed by atoms with van der Waals surface area (Å²) in [5.74, 6) is 1.67. The maximum Gasteiger partial charge on any atom is 0.315 e. The predicted octanol–water partition coefficient (Wildman–Crippen LogP) is 2.28. The monoisotopic (exact) mass is 284 g/mol. The van der Waals surface area contributed by atoms with Gasteiger partial charge in [0.1, 0.15) is 5.82 Å². The van der Waals surface area contributed by atoms with Crippen molar-refractivity contribution in [2.75, 3.05) is 6.54 Å². The molecule has 2 N–H and O–H groups in total. The fourth-order valence-corrected chi connectivity index (χ4v) is 3.84. The molecule has 1 aromatic carbocycles. The van der Waals surface area contributed by atoms with Gasteiger partial charge >= 0.3 is 6.03 Å². The quantitative estimate of drug-likeness (QED) is 0.844. The summed E-state index contributed by atoms with van der Waals surface area (Å²) in [6, 6.07) is 8.27. The molecule has 1 spiro atoms. The number of carbonyl (C=O) groups is 1. The molecule has 4 rings (SSSR count). The fraction of sp³-hybridized carbons (Fsp3) is 0.500. The summed E-state index contributed by atoms with van der Waals surface area (Å²) in [5.41, 5.74) is 2.26. The van der Waals surface area contributed by atoms with E-state index in [-0.39, 0.29) is 11.6 Å². The Labute approximate surface area is 123 Å². The third-order valence-electron chi connectivity index (χ3n) is 5.10. The number of benzene rings is 1. The van der Waals surface area contributed by atoms with E-state index >= 15 is 0 Å². The Kier molecular flexibility index (Phi) is 2.71. The van der Waals surface area contributed by atoms with Crippen LogP contribution in [0.15, 0.2) is 24.3 Å². The number of rotatable bonds is 1. The van der Waals surface area contributed by atoms with E-state index < -0.39 is 0 Å². The Morgan fingerprint density at radius 1 is 1.29 bits per heavy atom. The zero-order valence-electron chi connectivity index (χ0n) is 12.2. The number of nitrogens with zero attached hydrogens (tertiary/aromatic N) is 2. The van der Waals surface area contributed by atoms with E-state index in [0.717, 1.165) is 37.7 Å². The second-order valence-electron chi connectivity index (χ2n) is 6.38. The fourth-order valence-electron chi connectivity index (χ4n) is 3.84. The number of aryl methyl sites for hydroxylation is 1. The minimum absolute atomic E-state index is 0.0157. The second-order valence-corrected chi connectivity index (χ2v) is 6.38. The first-order valence-corrected chi connectivity index (χ1v) is 7.64. The van der Waals surface area contributed by atoms with Gasteiger partial charge in [-0.15, -0.1) is 0 Å². The number of carbonyl (C=O) groups excluding carboxylic acids is 1. The largest absolute Gasteiger partial charge is 0.336 e. The lowest BCUT2D eigenvalue weighted by Crippen LogP contribution is -2.46. The van der Waals surface area contributed by atoms with E-state index in [0.29, 0.717) is 5.92 Å². The summed E-state index contributed by atoms with van der Waals surface area (Å²) in [5, 5.41) is 6.00. The molecule has 2 amide bonds. The van der Waals surface area contributed by atoms with Gasteiger partial charge in [0, 0.05) is 19.5 Å². The highest BCUT2D eigenvalue weighted by atomic mass is 16.2. The van der Waals surface area contributed by atoms with Crippen LogP contribution in [-0.4, -0.2) is 27.7 Å². The lowest BCUT2D eigenvalue weighted by molar-refractivity contribution is 0.229. The highest BCUT2D eigenvalue weighted by Crippen LogP contribution is 2.39. The van der Waals surface area contributed by atoms with Crippen molar-refractivity contribution in [3.05, 3.63) is 30.1 Å². The first kappa shape index (κ1) is 12.7. The average molecular weight is 284 g/mol. The van der Waals surface area contributed by atoms with Crippen LogP contribution in [0.5, 0.6) is 0 Å². The number of hydrogen-bond acceptors (Lipinski definition) is 2. The van der Waals surface area contributed by atoms with Crippen molar-refractivity contribution < 1.29 is 4.79 Å². The molecule has 2 fully saturated rings. The van der Waals surface area contributed by atoms with Gasteiger partial charge in [-0.2, -0.15) is 0 Å². The minimum atomic E-state index is -0.0174. The topological polar surface area (TPSA) is 59.0 Å². The molecule has 1 aliphatic heterocycles. The van der Waals surface area contributed by atoms with Crippen molar-refractivity contribution in [3.63, 3.8) is 0 Å². The summed E-state index contributed by atoms with van der Waals surface area (Å²) in [4.78, 5) is 16.2. The van der Waals surface area contributed by atoms with Crippen LogP contribution in [-0.2, 0) is 7.05 Å². The second kappa shape index (κ2) is 4.48. The lowest BCUT2D eigenvalue weighted by Gasteiger charge is -2.35. The molecule has 0 unspecified atom stereocenters. The van der Waals surface area contributed by atoms with Crippen LogP contribution < -0.4 is 10.6 Å². The van der Waals surface area contributed by atoms with Gasteiger partial charge in [0.25, 0.3) is 0 Å². The first-order chi connectivity index (χ1) is 10.2. The maximum atomic E-state index is 11.4. The molecule has 21 heavy (non-hydrogen) atoms. The molecule has 2 aliphatic rings. The zero-order valence-corrected chi connectivity index (χ0v) is 12.2. The third kappa shape index (κ3) is 1.99. The summed E-state index contributed by atoms with van der Waals surface area (Å²) >= 11 is 0. The molecule has 1 saturated carbocycles. The molecule has 0 bridgehead atoms. The van der Waals surface area contributed by atoms with Crippen molar-refractivity contribution in [2.45, 2.75) is 37.1 Å². The molecule has 5 heteroatoms. The van der Waals surface area contributed by atoms with E-state index in [1.54, 1.807) is 0 Å². The molecule has 1 saturated heterocycles. The van der Waals surface area contributed by atoms with E-state index in [1.165, 1.54) is 11.3 Å². The number of aromatic nitrogens is 2. The number of hydrogen-bond donors (Lipinski definition) is 2. The smallest absolute Gasteiger partial charge is 0.315 e. The number of fused-ring (bicyclic) bond motifs is 1. The van der Waals surface area contributed by atoms with Gasteiger partial charge in [-0.1, -0.05) is 12.1 Å². The third-order valence-corrected chi connectivity index (χ3v) is 5.10. The SMILES string of the molecule is Cn1c(C2CCC3(CC2)CNC(=O)N3)nc2ccccc21. The molecule has 2 heterocycles. The minimum Gasteiger partial charge on any atom is -0.336 e. The van der Waals surface area contributed by atoms with Crippen LogP contribution in [0.1, 0.15) is 37.4 Å². The van der Waals surface area contributed by atoms with Crippen LogP contribution >= 0.6 is 0 Å². The Balaban J connectivity index is 1.58. The van der Waals surface area contributed by atoms with Gasteiger partial charge in [0.15, 0.2) is 0 Å². The van der Waals surface area contributed by atoms with Gasteiger partial charge in [-0.25, -0.2) is 9.78 Å². The maximum absolute atomic E-state index is 11.4. The highest BCUT2D eigenvalue weighted by molar-refractivity contribution is 5.77. The number of amides is 2. The van der Waals surface area contributed by atoms with Crippen molar-refractivity contribution in [2.24, 2.45) is 7.05 Å². The zero-order chi connectivity index (χ0) is 14.4. The summed E-state index contributed by atoms with van der Waals surface area (Å²) in [7, 11) is 2.11. The van der Waals surface area contributed by atoms with E-state index in [9.17, 15) is 4.79 Å². The molecular weight excluding hydrogens is 264 g/mol. The number of imidazole rings is 1. The van der Waals surface area contributed by atoms with Gasteiger partial charge in [-0.3, -0.25) is 0 Å². The van der Waals surface area contributed by atoms with Crippen LogP contribution in [0.2, 0.25) is 0 Å². The first-order valence-electron chi connectivity index (χ1n) is 7.64. The van der Waals surface area contributed by atoms with Crippen LogP contribution in [0.25, 0.3) is 11.0 Å². The van der Waals surface area contributed by atoms with Gasteiger partial charge in [0.2, 0.25) is 0 Å². The van der Waals surface area contributed by atoms with Gasteiger partial charge < -0.3 is 15.2 Å². The Morgan fingerprint density at radius 2 is 2.05 bits per heavy atom. The molecule has 5 nitrogen and oxygen atoms in total. The van der Waals surface area contributed by atoms with E-state index in [2.05, 4.69) is 40.4 Å². The number of nitrogens with one attached hydrogen (secondary N) is 2. The molecule has 1 aliphatic carbocycles. The molecule has 2 aromatic rings. The van der Waals surface area contributed by atoms with Crippen LogP contribution in [0, 0.1) is 0 Å². The number of urea groups is 1. The molecular formula is C16H20N4O. The Morgan fingerprint density at radius 3 is 2.71 bits per heavy atom. The molecule has 0 atom stereocenters. The van der Waals surface area contributed by atoms with E-state index in [4.69, 9.17) is 4.98 Å². The van der Waals surface area contributed by atoms with E-state index in [1.807, 2.05) is 6.07 Å². The van der Waals surface area contributed by atoms with Gasteiger partial charge in [-0.05, 0) is 37.8 Å². The summed E-state index contributed by atoms with van der Waals surface area (Å²) < 4.78 is 2.23. The number of para-hydroxylation sites is 2. The molecule has 1 aromatic heterocycles. The highest BCUT2D eigenvalue weighted by Gasteiger charge is 2.41. The Hall–Kier alpha value is -2.04. The summed E-state index contributed by atoms with van der Waals surface area (Å²) in [6.45, 7) is 0.765. The molecule has 0 radical (unpaired) electrons. The van der Waals surface area contributed by atoms with Crippen molar-refractivity contribution >= 4 is 17.1 Å². The van der Waals surface area contributed by atoms with Crippen molar-refractivity contribution in [1.82, 2.24) is 20.2 Å². The average Bonchev–Trinajstić information content (AvgIpc) is 3.02. The normalized spacial score (nSPS) is 28.8. The van der Waals surface area contributed by atoms with Crippen LogP contribution in [0.4, 0.5) is 4.79 Å². The standard InChI is InChI=1S/C16H20N4O/c1-20-13-5-3-2-4-12(13)18-14(20)11-6-8-16(9-7-11)10-17-15(21)19-16/h2-5,11H,6-10H2,1H3,(H2,17,19,21). The Bertz CT molecular complexity index is 697. The lowest BCUT2D eigenvalue weighted by atomic mass is 9.76. The van der Waals surface area contributed by atoms with Crippen LogP contribution in [0.3, 0.4) is 0 Å². The van der Waals surface area contributed by atoms with Crippen molar-refractivity contribution in [3.8, 4) is 0 Å². The van der Waals surface area contributed by atoms with Crippen molar-refractivity contribution in [1.29, 1.82) is 0 Å². The van der Waals surface area contributed by atoms with Gasteiger partial charge in [0.05, 0.1) is 16.6 Å². The molecule has 110 valence electrons.